The van der Waals surface area contributed by atoms with Gasteiger partial charge in [-0.25, -0.2) is 4.68 Å². The molecule has 1 aromatic carbocycles. The van der Waals surface area contributed by atoms with Gasteiger partial charge in [0.2, 0.25) is 5.95 Å². The summed E-state index contributed by atoms with van der Waals surface area (Å²) < 4.78 is 7.14. The van der Waals surface area contributed by atoms with Gasteiger partial charge in [0.1, 0.15) is 11.6 Å². The van der Waals surface area contributed by atoms with Crippen molar-refractivity contribution in [1.29, 1.82) is 0 Å². The molecule has 3 aromatic heterocycles. The van der Waals surface area contributed by atoms with Gasteiger partial charge in [0.05, 0.1) is 18.2 Å². The maximum Gasteiger partial charge on any atom is 0.226 e. The molecule has 0 fully saturated rings. The normalized spacial score (nSPS) is 12.9. The number of ether oxygens (including phenoxy) is 1. The average molecular weight is 416 g/mol. The summed E-state index contributed by atoms with van der Waals surface area (Å²) in [6.45, 7) is 2.39. The number of aromatic nitrogens is 5. The van der Waals surface area contributed by atoms with Gasteiger partial charge in [0.25, 0.3) is 0 Å². The van der Waals surface area contributed by atoms with Crippen LogP contribution in [-0.4, -0.2) is 44.9 Å². The average Bonchev–Trinajstić information content (AvgIpc) is 3.13. The second kappa shape index (κ2) is 8.22. The maximum atomic E-state index is 5.28. The van der Waals surface area contributed by atoms with Crippen LogP contribution in [0.25, 0.3) is 11.0 Å². The fourth-order valence-electron chi connectivity index (χ4n) is 4.01. The Hall–Kier alpha value is -3.68. The summed E-state index contributed by atoms with van der Waals surface area (Å²) in [5.41, 5.74) is 4.33. The van der Waals surface area contributed by atoms with Crippen LogP contribution in [-0.2, 0) is 26.4 Å². The Morgan fingerprint density at radius 1 is 1.10 bits per heavy atom. The van der Waals surface area contributed by atoms with Crippen molar-refractivity contribution in [3.05, 3.63) is 65.6 Å². The molecule has 0 saturated carbocycles. The molecule has 31 heavy (non-hydrogen) atoms. The number of benzene rings is 1. The molecule has 0 atom stereocenters. The third kappa shape index (κ3) is 3.88. The third-order valence-electron chi connectivity index (χ3n) is 5.61. The lowest BCUT2D eigenvalue weighted by Crippen LogP contribution is -2.29. The molecule has 0 saturated heterocycles. The summed E-state index contributed by atoms with van der Waals surface area (Å²) in [4.78, 5) is 16.1. The Bertz CT molecular complexity index is 1190. The van der Waals surface area contributed by atoms with Crippen molar-refractivity contribution in [2.75, 3.05) is 30.4 Å². The number of hydrogen-bond donors (Lipinski definition) is 1. The molecule has 158 valence electrons. The highest BCUT2D eigenvalue weighted by Crippen LogP contribution is 2.33. The molecule has 0 bridgehead atoms. The van der Waals surface area contributed by atoms with Crippen LogP contribution in [0.5, 0.6) is 5.75 Å². The first-order valence-corrected chi connectivity index (χ1v) is 10.5. The standard InChI is InChI=1S/C23H25N7O/c1-29-21-20-19(28-29)10-13-30(15-17-5-7-18(31-2)8-6-17)22(20)27-23(26-21)25-12-9-16-4-3-11-24-14-16/h3-8,11,14H,9-10,12-13,15H2,1-2H3,(H,25,26,27). The highest BCUT2D eigenvalue weighted by atomic mass is 16.5. The summed E-state index contributed by atoms with van der Waals surface area (Å²) in [6.07, 6.45) is 5.42. The van der Waals surface area contributed by atoms with Gasteiger partial charge in [0, 0.05) is 45.5 Å². The minimum absolute atomic E-state index is 0.627. The van der Waals surface area contributed by atoms with Crippen LogP contribution >= 0.6 is 0 Å². The van der Waals surface area contributed by atoms with E-state index in [-0.39, 0.29) is 0 Å². The lowest BCUT2D eigenvalue weighted by molar-refractivity contribution is 0.414. The molecule has 0 spiro atoms. The number of methoxy groups -OCH3 is 1. The number of hydrogen-bond acceptors (Lipinski definition) is 7. The van der Waals surface area contributed by atoms with E-state index in [1.54, 1.807) is 13.3 Å². The highest BCUT2D eigenvalue weighted by molar-refractivity contribution is 5.92. The van der Waals surface area contributed by atoms with Gasteiger partial charge in [-0.1, -0.05) is 18.2 Å². The van der Waals surface area contributed by atoms with E-state index in [1.807, 2.05) is 36.1 Å². The Kier molecular flexibility index (Phi) is 5.11. The van der Waals surface area contributed by atoms with E-state index in [2.05, 4.69) is 38.5 Å². The molecule has 0 aliphatic carbocycles. The summed E-state index contributed by atoms with van der Waals surface area (Å²) in [7, 11) is 3.63. The van der Waals surface area contributed by atoms with Crippen LogP contribution in [0.3, 0.4) is 0 Å². The number of pyridine rings is 1. The van der Waals surface area contributed by atoms with Gasteiger partial charge in [-0.15, -0.1) is 0 Å². The molecule has 5 rings (SSSR count). The van der Waals surface area contributed by atoms with Gasteiger partial charge >= 0.3 is 0 Å². The van der Waals surface area contributed by atoms with Crippen LogP contribution in [0, 0.1) is 0 Å². The van der Waals surface area contributed by atoms with Crippen molar-refractivity contribution in [2.24, 2.45) is 7.05 Å². The van der Waals surface area contributed by atoms with E-state index in [9.17, 15) is 0 Å². The zero-order valence-electron chi connectivity index (χ0n) is 17.7. The second-order valence-electron chi connectivity index (χ2n) is 7.70. The van der Waals surface area contributed by atoms with Crippen LogP contribution in [0.4, 0.5) is 11.8 Å². The minimum atomic E-state index is 0.627. The number of rotatable bonds is 7. The van der Waals surface area contributed by atoms with Crippen LogP contribution < -0.4 is 15.0 Å². The fourth-order valence-corrected chi connectivity index (χ4v) is 4.01. The topological polar surface area (TPSA) is 81.0 Å². The Morgan fingerprint density at radius 2 is 1.97 bits per heavy atom. The molecule has 0 unspecified atom stereocenters. The molecular formula is C23H25N7O. The van der Waals surface area contributed by atoms with E-state index >= 15 is 0 Å². The molecule has 0 radical (unpaired) electrons. The Morgan fingerprint density at radius 3 is 2.74 bits per heavy atom. The van der Waals surface area contributed by atoms with Crippen molar-refractivity contribution < 1.29 is 4.74 Å². The van der Waals surface area contributed by atoms with E-state index in [0.29, 0.717) is 5.95 Å². The van der Waals surface area contributed by atoms with Crippen LogP contribution in [0.1, 0.15) is 16.8 Å². The smallest absolute Gasteiger partial charge is 0.226 e. The number of nitrogens with one attached hydrogen (secondary N) is 1. The second-order valence-corrected chi connectivity index (χ2v) is 7.70. The quantitative estimate of drug-likeness (QED) is 0.497. The van der Waals surface area contributed by atoms with Gasteiger partial charge in [0.15, 0.2) is 5.65 Å². The molecule has 1 N–H and O–H groups in total. The number of aryl methyl sites for hydroxylation is 1. The summed E-state index contributed by atoms with van der Waals surface area (Å²) in [5, 5.41) is 9.13. The third-order valence-corrected chi connectivity index (χ3v) is 5.61. The van der Waals surface area contributed by atoms with Gasteiger partial charge in [-0.3, -0.25) is 4.98 Å². The van der Waals surface area contributed by atoms with Crippen LogP contribution in [0.15, 0.2) is 48.8 Å². The van der Waals surface area contributed by atoms with E-state index in [1.165, 1.54) is 11.1 Å². The summed E-state index contributed by atoms with van der Waals surface area (Å²) in [6, 6.07) is 12.2. The highest BCUT2D eigenvalue weighted by Gasteiger charge is 2.26. The van der Waals surface area contributed by atoms with Gasteiger partial charge in [-0.2, -0.15) is 15.1 Å². The molecule has 1 aliphatic heterocycles. The maximum absolute atomic E-state index is 5.28. The van der Waals surface area contributed by atoms with E-state index < -0.39 is 0 Å². The monoisotopic (exact) mass is 415 g/mol. The summed E-state index contributed by atoms with van der Waals surface area (Å²) in [5.74, 6) is 2.43. The molecule has 8 heteroatoms. The first kappa shape index (κ1) is 19.3. The zero-order chi connectivity index (χ0) is 21.2. The van der Waals surface area contributed by atoms with Crippen molar-refractivity contribution in [3.63, 3.8) is 0 Å². The predicted molar refractivity (Wildman–Crippen MR) is 120 cm³/mol. The molecule has 0 amide bonds. The lowest BCUT2D eigenvalue weighted by Gasteiger charge is -2.28. The van der Waals surface area contributed by atoms with Crippen LogP contribution in [0.2, 0.25) is 0 Å². The molecular weight excluding hydrogens is 390 g/mol. The first-order valence-electron chi connectivity index (χ1n) is 10.5. The lowest BCUT2D eigenvalue weighted by atomic mass is 10.1. The summed E-state index contributed by atoms with van der Waals surface area (Å²) >= 11 is 0. The van der Waals surface area contributed by atoms with Gasteiger partial charge < -0.3 is 15.0 Å². The van der Waals surface area contributed by atoms with Crippen molar-refractivity contribution >= 4 is 22.8 Å². The minimum Gasteiger partial charge on any atom is -0.497 e. The number of nitrogens with zero attached hydrogens (tertiary/aromatic N) is 6. The first-order chi connectivity index (χ1) is 15.2. The van der Waals surface area contributed by atoms with Crippen molar-refractivity contribution in [1.82, 2.24) is 24.7 Å². The Labute approximate surface area is 180 Å². The van der Waals surface area contributed by atoms with E-state index in [4.69, 9.17) is 14.7 Å². The zero-order valence-corrected chi connectivity index (χ0v) is 17.7. The van der Waals surface area contributed by atoms with Crippen molar-refractivity contribution in [2.45, 2.75) is 19.4 Å². The van der Waals surface area contributed by atoms with Crippen molar-refractivity contribution in [3.8, 4) is 5.75 Å². The molecule has 1 aliphatic rings. The van der Waals surface area contributed by atoms with E-state index in [0.717, 1.165) is 60.8 Å². The Balaban J connectivity index is 1.41. The molecule has 8 nitrogen and oxygen atoms in total. The predicted octanol–water partition coefficient (Wildman–Crippen LogP) is 2.98. The molecule has 4 heterocycles. The number of anilines is 2. The molecule has 4 aromatic rings. The van der Waals surface area contributed by atoms with Gasteiger partial charge in [-0.05, 0) is 35.7 Å². The SMILES string of the molecule is COc1ccc(CN2CCc3nn(C)c4nc(NCCc5cccnc5)nc2c34)cc1. The largest absolute Gasteiger partial charge is 0.497 e. The fraction of sp³-hybridized carbons (Fsp3) is 0.304.